The van der Waals surface area contributed by atoms with Crippen LogP contribution in [0.2, 0.25) is 0 Å². The quantitative estimate of drug-likeness (QED) is 0.829. The summed E-state index contributed by atoms with van der Waals surface area (Å²) in [5.74, 6) is 0.0883. The van der Waals surface area contributed by atoms with Crippen LogP contribution < -0.4 is 11.1 Å². The van der Waals surface area contributed by atoms with Crippen LogP contribution in [0.15, 0.2) is 42.5 Å². The Kier molecular flexibility index (Phi) is 6.43. The lowest BCUT2D eigenvalue weighted by Crippen LogP contribution is -2.34. The molecule has 2 aromatic rings. The molecular formula is C18H23ClN2O3S. The summed E-state index contributed by atoms with van der Waals surface area (Å²) < 4.78 is 23.0. The van der Waals surface area contributed by atoms with Gasteiger partial charge in [0.25, 0.3) is 0 Å². The smallest absolute Gasteiger partial charge is 0.220 e. The highest BCUT2D eigenvalue weighted by Crippen LogP contribution is 2.23. The molecule has 2 atom stereocenters. The SMILES string of the molecule is Cl.NCC(NC(=O)CC1CCS(=O)(=O)C1)c1ccc2ccccc2c1. The predicted octanol–water partition coefficient (Wildman–Crippen LogP) is 2.20. The highest BCUT2D eigenvalue weighted by atomic mass is 35.5. The first kappa shape index (κ1) is 19.7. The second-order valence-electron chi connectivity index (χ2n) is 6.44. The summed E-state index contributed by atoms with van der Waals surface area (Å²) in [5, 5.41) is 5.18. The van der Waals surface area contributed by atoms with Gasteiger partial charge in [-0.15, -0.1) is 12.4 Å². The van der Waals surface area contributed by atoms with Gasteiger partial charge >= 0.3 is 0 Å². The molecule has 1 saturated heterocycles. The van der Waals surface area contributed by atoms with E-state index in [2.05, 4.69) is 5.32 Å². The molecule has 0 aromatic heterocycles. The lowest BCUT2D eigenvalue weighted by molar-refractivity contribution is -0.122. The zero-order valence-electron chi connectivity index (χ0n) is 13.9. The van der Waals surface area contributed by atoms with E-state index < -0.39 is 9.84 Å². The largest absolute Gasteiger partial charge is 0.348 e. The number of nitrogens with one attached hydrogen (secondary N) is 1. The van der Waals surface area contributed by atoms with E-state index in [0.717, 1.165) is 16.3 Å². The van der Waals surface area contributed by atoms with Gasteiger partial charge in [0.15, 0.2) is 9.84 Å². The van der Waals surface area contributed by atoms with Gasteiger partial charge in [0, 0.05) is 13.0 Å². The van der Waals surface area contributed by atoms with E-state index in [1.165, 1.54) is 0 Å². The maximum absolute atomic E-state index is 12.3. The van der Waals surface area contributed by atoms with Gasteiger partial charge in [-0.2, -0.15) is 0 Å². The maximum atomic E-state index is 12.3. The van der Waals surface area contributed by atoms with Gasteiger partial charge in [-0.25, -0.2) is 8.42 Å². The molecule has 5 nitrogen and oxygen atoms in total. The van der Waals surface area contributed by atoms with E-state index >= 15 is 0 Å². The van der Waals surface area contributed by atoms with Gasteiger partial charge in [-0.05, 0) is 34.7 Å². The van der Waals surface area contributed by atoms with Crippen LogP contribution in [0.25, 0.3) is 10.8 Å². The molecule has 0 saturated carbocycles. The molecule has 2 aromatic carbocycles. The van der Waals surface area contributed by atoms with E-state index in [1.807, 2.05) is 42.5 Å². The van der Waals surface area contributed by atoms with Crippen molar-refractivity contribution in [2.24, 2.45) is 11.7 Å². The van der Waals surface area contributed by atoms with Crippen molar-refractivity contribution in [2.75, 3.05) is 18.1 Å². The molecule has 7 heteroatoms. The fourth-order valence-corrected chi connectivity index (χ4v) is 5.11. The van der Waals surface area contributed by atoms with Gasteiger partial charge < -0.3 is 11.1 Å². The maximum Gasteiger partial charge on any atom is 0.220 e. The summed E-state index contributed by atoms with van der Waals surface area (Å²) in [6.07, 6.45) is 0.808. The van der Waals surface area contributed by atoms with Crippen LogP contribution in [0.4, 0.5) is 0 Å². The molecule has 1 fully saturated rings. The number of benzene rings is 2. The zero-order chi connectivity index (χ0) is 17.2. The minimum atomic E-state index is -2.96. The van der Waals surface area contributed by atoms with E-state index in [0.29, 0.717) is 13.0 Å². The number of amides is 1. The molecule has 1 aliphatic rings. The summed E-state index contributed by atoms with van der Waals surface area (Å²) in [4.78, 5) is 12.3. The topological polar surface area (TPSA) is 89.3 Å². The number of rotatable bonds is 5. The van der Waals surface area contributed by atoms with Crippen molar-refractivity contribution < 1.29 is 13.2 Å². The molecule has 1 heterocycles. The number of hydrogen-bond donors (Lipinski definition) is 2. The van der Waals surface area contributed by atoms with Crippen LogP contribution >= 0.6 is 12.4 Å². The number of fused-ring (bicyclic) bond motifs is 1. The molecule has 1 amide bonds. The fourth-order valence-electron chi connectivity index (χ4n) is 3.25. The third-order valence-corrected chi connectivity index (χ3v) is 6.38. The summed E-state index contributed by atoms with van der Waals surface area (Å²) in [6.45, 7) is 0.299. The first-order valence-electron chi connectivity index (χ1n) is 8.15. The number of nitrogens with two attached hydrogens (primary N) is 1. The van der Waals surface area contributed by atoms with Gasteiger partial charge in [-0.3, -0.25) is 4.79 Å². The summed E-state index contributed by atoms with van der Waals surface area (Å²) >= 11 is 0. The van der Waals surface area contributed by atoms with E-state index in [1.54, 1.807) is 0 Å². The number of carbonyl (C=O) groups excluding carboxylic acids is 1. The molecule has 25 heavy (non-hydrogen) atoms. The van der Waals surface area contributed by atoms with Crippen molar-refractivity contribution in [1.29, 1.82) is 0 Å². The van der Waals surface area contributed by atoms with Crippen LogP contribution in [0.1, 0.15) is 24.4 Å². The first-order chi connectivity index (χ1) is 11.5. The normalized spacial score (nSPS) is 20.0. The molecule has 1 aliphatic heterocycles. The highest BCUT2D eigenvalue weighted by molar-refractivity contribution is 7.91. The minimum Gasteiger partial charge on any atom is -0.348 e. The molecule has 3 rings (SSSR count). The molecule has 0 bridgehead atoms. The van der Waals surface area contributed by atoms with E-state index in [9.17, 15) is 13.2 Å². The third-order valence-electron chi connectivity index (χ3n) is 4.55. The van der Waals surface area contributed by atoms with Crippen LogP contribution in [0, 0.1) is 5.92 Å². The lowest BCUT2D eigenvalue weighted by Gasteiger charge is -2.19. The van der Waals surface area contributed by atoms with Gasteiger partial charge in [0.05, 0.1) is 17.5 Å². The second-order valence-corrected chi connectivity index (χ2v) is 8.66. The Morgan fingerprint density at radius 3 is 2.56 bits per heavy atom. The fraction of sp³-hybridized carbons (Fsp3) is 0.389. The van der Waals surface area contributed by atoms with Crippen LogP contribution in [-0.2, 0) is 14.6 Å². The van der Waals surface area contributed by atoms with Crippen LogP contribution in [-0.4, -0.2) is 32.4 Å². The monoisotopic (exact) mass is 382 g/mol. The Morgan fingerprint density at radius 2 is 1.92 bits per heavy atom. The Morgan fingerprint density at radius 1 is 1.20 bits per heavy atom. The molecule has 0 spiro atoms. The standard InChI is InChI=1S/C18H22N2O3S.ClH/c19-11-17(16-6-5-14-3-1-2-4-15(14)10-16)20-18(21)9-13-7-8-24(22,23)12-13;/h1-6,10,13,17H,7-9,11-12,19H2,(H,20,21);1H. The van der Waals surface area contributed by atoms with Crippen molar-refractivity contribution >= 4 is 38.9 Å². The summed E-state index contributed by atoms with van der Waals surface area (Å²) in [5.41, 5.74) is 6.80. The van der Waals surface area contributed by atoms with E-state index in [-0.39, 0.29) is 48.2 Å². The number of sulfone groups is 1. The Bertz CT molecular complexity index is 854. The minimum absolute atomic E-state index is 0. The highest BCUT2D eigenvalue weighted by Gasteiger charge is 2.29. The third kappa shape index (κ3) is 4.93. The first-order valence-corrected chi connectivity index (χ1v) is 9.97. The van der Waals surface area contributed by atoms with Gasteiger partial charge in [-0.1, -0.05) is 36.4 Å². The molecule has 3 N–H and O–H groups in total. The van der Waals surface area contributed by atoms with E-state index in [4.69, 9.17) is 5.73 Å². The van der Waals surface area contributed by atoms with Crippen LogP contribution in [0.3, 0.4) is 0 Å². The Balaban J connectivity index is 0.00000225. The average molecular weight is 383 g/mol. The van der Waals surface area contributed by atoms with Crippen molar-refractivity contribution in [1.82, 2.24) is 5.32 Å². The lowest BCUT2D eigenvalue weighted by atomic mass is 10.0. The number of hydrogen-bond acceptors (Lipinski definition) is 4. The zero-order valence-corrected chi connectivity index (χ0v) is 15.5. The molecule has 0 aliphatic carbocycles. The van der Waals surface area contributed by atoms with Crippen molar-refractivity contribution in [3.63, 3.8) is 0 Å². The van der Waals surface area contributed by atoms with Crippen molar-refractivity contribution in [3.05, 3.63) is 48.0 Å². The predicted molar refractivity (Wildman–Crippen MR) is 103 cm³/mol. The summed E-state index contributed by atoms with van der Waals surface area (Å²) in [7, 11) is -2.96. The second kappa shape index (κ2) is 8.17. The molecule has 0 radical (unpaired) electrons. The Hall–Kier alpha value is -1.63. The van der Waals surface area contributed by atoms with Gasteiger partial charge in [0.1, 0.15) is 0 Å². The molecule has 136 valence electrons. The molecular weight excluding hydrogens is 360 g/mol. The number of carbonyl (C=O) groups is 1. The van der Waals surface area contributed by atoms with Crippen LogP contribution in [0.5, 0.6) is 0 Å². The molecule has 2 unspecified atom stereocenters. The summed E-state index contributed by atoms with van der Waals surface area (Å²) in [6, 6.07) is 13.8. The average Bonchev–Trinajstić information content (AvgIpc) is 2.90. The number of halogens is 1. The Labute approximate surface area is 154 Å². The van der Waals surface area contributed by atoms with Crippen molar-refractivity contribution in [3.8, 4) is 0 Å². The van der Waals surface area contributed by atoms with Gasteiger partial charge in [0.2, 0.25) is 5.91 Å². The van der Waals surface area contributed by atoms with Crippen molar-refractivity contribution in [2.45, 2.75) is 18.9 Å².